The van der Waals surface area contributed by atoms with Crippen LogP contribution in [-0.2, 0) is 0 Å². The quantitative estimate of drug-likeness (QED) is 0.795. The Hall–Kier alpha value is -2.11. The van der Waals surface area contributed by atoms with Crippen molar-refractivity contribution in [3.05, 3.63) is 46.0 Å². The molecule has 0 unspecified atom stereocenters. The number of aromatic nitrogens is 3. The van der Waals surface area contributed by atoms with Crippen molar-refractivity contribution in [2.45, 2.75) is 6.92 Å². The summed E-state index contributed by atoms with van der Waals surface area (Å²) >= 11 is 0. The fourth-order valence-corrected chi connectivity index (χ4v) is 1.21. The maximum Gasteiger partial charge on any atom is 0.287 e. The second-order valence-electron chi connectivity index (χ2n) is 3.18. The van der Waals surface area contributed by atoms with Crippen molar-refractivity contribution >= 4 is 0 Å². The molecule has 0 spiro atoms. The first-order valence-electron chi connectivity index (χ1n) is 4.46. The molecule has 0 saturated carbocycles. The zero-order valence-electron chi connectivity index (χ0n) is 8.29. The largest absolute Gasteiger partial charge is 0.303 e. The van der Waals surface area contributed by atoms with Crippen LogP contribution >= 0.6 is 0 Å². The summed E-state index contributed by atoms with van der Waals surface area (Å²) in [6.45, 7) is 1.37. The molecular formula is C10H7F2N3O. The highest BCUT2D eigenvalue weighted by Crippen LogP contribution is 2.11. The number of nitrogens with one attached hydrogen (secondary N) is 1. The first kappa shape index (κ1) is 10.4. The zero-order valence-corrected chi connectivity index (χ0v) is 8.29. The van der Waals surface area contributed by atoms with E-state index in [1.54, 1.807) is 0 Å². The molecule has 2 aromatic rings. The molecule has 2 aromatic heterocycles. The molecule has 0 aromatic carbocycles. The Morgan fingerprint density at radius 1 is 1.31 bits per heavy atom. The van der Waals surface area contributed by atoms with Crippen molar-refractivity contribution in [2.24, 2.45) is 0 Å². The van der Waals surface area contributed by atoms with Crippen molar-refractivity contribution in [3.8, 4) is 11.5 Å². The van der Waals surface area contributed by atoms with Crippen LogP contribution in [0.5, 0.6) is 0 Å². The summed E-state index contributed by atoms with van der Waals surface area (Å²) < 4.78 is 25.6. The Kier molecular flexibility index (Phi) is 2.47. The lowest BCUT2D eigenvalue weighted by atomic mass is 10.3. The third-order valence-corrected chi connectivity index (χ3v) is 2.00. The van der Waals surface area contributed by atoms with Gasteiger partial charge in [0.2, 0.25) is 5.82 Å². The van der Waals surface area contributed by atoms with E-state index in [4.69, 9.17) is 0 Å². The number of hydrogen-bond acceptors (Lipinski definition) is 3. The number of hydrogen-bond donors (Lipinski definition) is 1. The highest BCUT2D eigenvalue weighted by atomic mass is 19.1. The molecule has 0 bridgehead atoms. The van der Waals surface area contributed by atoms with Gasteiger partial charge in [0.05, 0.1) is 11.9 Å². The van der Waals surface area contributed by atoms with E-state index in [2.05, 4.69) is 15.0 Å². The van der Waals surface area contributed by atoms with E-state index >= 15 is 0 Å². The fraction of sp³-hybridized carbons (Fsp3) is 0.100. The molecule has 82 valence electrons. The fourth-order valence-electron chi connectivity index (χ4n) is 1.21. The molecule has 2 rings (SSSR count). The number of H-pyrrole nitrogens is 1. The van der Waals surface area contributed by atoms with Gasteiger partial charge in [-0.05, 0) is 19.1 Å². The number of rotatable bonds is 1. The van der Waals surface area contributed by atoms with Crippen LogP contribution in [-0.4, -0.2) is 15.0 Å². The topological polar surface area (TPSA) is 58.6 Å². The van der Waals surface area contributed by atoms with Crippen LogP contribution in [0.15, 0.2) is 23.1 Å². The molecule has 0 aliphatic carbocycles. The van der Waals surface area contributed by atoms with Crippen LogP contribution in [0.3, 0.4) is 0 Å². The summed E-state index contributed by atoms with van der Waals surface area (Å²) in [7, 11) is 0. The van der Waals surface area contributed by atoms with Crippen LogP contribution in [0.4, 0.5) is 8.78 Å². The van der Waals surface area contributed by atoms with Gasteiger partial charge >= 0.3 is 0 Å². The molecule has 16 heavy (non-hydrogen) atoms. The number of aromatic amines is 1. The van der Waals surface area contributed by atoms with Gasteiger partial charge in [-0.25, -0.2) is 14.4 Å². The Balaban J connectivity index is 2.57. The molecule has 0 aliphatic heterocycles. The molecular weight excluding hydrogens is 216 g/mol. The monoisotopic (exact) mass is 223 g/mol. The summed E-state index contributed by atoms with van der Waals surface area (Å²) in [6.07, 6.45) is 0.994. The standard InChI is InChI=1S/C10H7F2N3O/c1-5-8(12)10(16)15-9(14-5)7-3-2-6(11)4-13-7/h2-4H,1H3,(H,14,15,16). The van der Waals surface area contributed by atoms with Crippen LogP contribution in [0.25, 0.3) is 11.5 Å². The molecule has 0 saturated heterocycles. The van der Waals surface area contributed by atoms with Gasteiger partial charge in [0, 0.05) is 0 Å². The maximum absolute atomic E-state index is 13.0. The minimum Gasteiger partial charge on any atom is -0.303 e. The summed E-state index contributed by atoms with van der Waals surface area (Å²) in [4.78, 5) is 20.9. The minimum atomic E-state index is -0.925. The zero-order chi connectivity index (χ0) is 11.7. The minimum absolute atomic E-state index is 0.0233. The van der Waals surface area contributed by atoms with E-state index in [0.29, 0.717) is 0 Å². The van der Waals surface area contributed by atoms with Gasteiger partial charge in [-0.2, -0.15) is 4.39 Å². The van der Waals surface area contributed by atoms with Gasteiger partial charge in [-0.1, -0.05) is 0 Å². The van der Waals surface area contributed by atoms with Gasteiger partial charge in [0.1, 0.15) is 11.5 Å². The predicted octanol–water partition coefficient (Wildman–Crippen LogP) is 1.42. The van der Waals surface area contributed by atoms with Crippen LogP contribution < -0.4 is 5.56 Å². The van der Waals surface area contributed by atoms with Crippen molar-refractivity contribution in [2.75, 3.05) is 0 Å². The lowest BCUT2D eigenvalue weighted by molar-refractivity contribution is 0.589. The molecule has 0 atom stereocenters. The average Bonchev–Trinajstić information content (AvgIpc) is 2.26. The number of nitrogens with zero attached hydrogens (tertiary/aromatic N) is 2. The smallest absolute Gasteiger partial charge is 0.287 e. The maximum atomic E-state index is 13.0. The number of pyridine rings is 1. The first-order valence-corrected chi connectivity index (χ1v) is 4.46. The van der Waals surface area contributed by atoms with Crippen LogP contribution in [0.2, 0.25) is 0 Å². The van der Waals surface area contributed by atoms with Crippen molar-refractivity contribution in [1.82, 2.24) is 15.0 Å². The third kappa shape index (κ3) is 1.81. The Morgan fingerprint density at radius 3 is 2.62 bits per heavy atom. The van der Waals surface area contributed by atoms with Gasteiger partial charge in [0.15, 0.2) is 5.82 Å². The van der Waals surface area contributed by atoms with Crippen molar-refractivity contribution in [1.29, 1.82) is 0 Å². The second kappa shape index (κ2) is 3.80. The van der Waals surface area contributed by atoms with Gasteiger partial charge in [-0.3, -0.25) is 4.79 Å². The molecule has 0 aliphatic rings. The summed E-state index contributed by atoms with van der Waals surface area (Å²) in [5, 5.41) is 0. The lowest BCUT2D eigenvalue weighted by Crippen LogP contribution is -2.15. The average molecular weight is 223 g/mol. The Morgan fingerprint density at radius 2 is 2.06 bits per heavy atom. The highest BCUT2D eigenvalue weighted by molar-refractivity contribution is 5.48. The van der Waals surface area contributed by atoms with Gasteiger partial charge in [-0.15, -0.1) is 0 Å². The Labute approximate surface area is 89.0 Å². The van der Waals surface area contributed by atoms with Crippen molar-refractivity contribution < 1.29 is 8.78 Å². The molecule has 0 radical (unpaired) electrons. The van der Waals surface area contributed by atoms with E-state index < -0.39 is 17.2 Å². The summed E-state index contributed by atoms with van der Waals surface area (Å²) in [5.74, 6) is -1.31. The molecule has 1 N–H and O–H groups in total. The number of halogens is 2. The van der Waals surface area contributed by atoms with Gasteiger partial charge < -0.3 is 4.98 Å². The van der Waals surface area contributed by atoms with Crippen LogP contribution in [0, 0.1) is 18.6 Å². The summed E-state index contributed by atoms with van der Waals surface area (Å²) in [6, 6.07) is 2.53. The lowest BCUT2D eigenvalue weighted by Gasteiger charge is -2.01. The van der Waals surface area contributed by atoms with E-state index in [0.717, 1.165) is 6.20 Å². The Bertz CT molecular complexity index is 578. The molecule has 4 nitrogen and oxygen atoms in total. The molecule has 0 fully saturated rings. The van der Waals surface area contributed by atoms with E-state index in [9.17, 15) is 13.6 Å². The molecule has 6 heteroatoms. The predicted molar refractivity (Wildman–Crippen MR) is 52.7 cm³/mol. The SMILES string of the molecule is Cc1nc(-c2ccc(F)cn2)[nH]c(=O)c1F. The van der Waals surface area contributed by atoms with Crippen LogP contribution in [0.1, 0.15) is 5.69 Å². The first-order chi connectivity index (χ1) is 7.58. The number of aryl methyl sites for hydroxylation is 1. The van der Waals surface area contributed by atoms with E-state index in [-0.39, 0.29) is 17.2 Å². The van der Waals surface area contributed by atoms with E-state index in [1.165, 1.54) is 19.1 Å². The highest BCUT2D eigenvalue weighted by Gasteiger charge is 2.09. The van der Waals surface area contributed by atoms with E-state index in [1.807, 2.05) is 0 Å². The normalized spacial score (nSPS) is 10.4. The second-order valence-corrected chi connectivity index (χ2v) is 3.18. The molecule has 2 heterocycles. The van der Waals surface area contributed by atoms with Crippen molar-refractivity contribution in [3.63, 3.8) is 0 Å². The van der Waals surface area contributed by atoms with Gasteiger partial charge in [0.25, 0.3) is 5.56 Å². The third-order valence-electron chi connectivity index (χ3n) is 2.00. The summed E-state index contributed by atoms with van der Waals surface area (Å²) in [5.41, 5.74) is -0.611. The molecule has 0 amide bonds.